The van der Waals surface area contributed by atoms with Gasteiger partial charge in [-0.15, -0.1) is 0 Å². The third-order valence-corrected chi connectivity index (χ3v) is 3.27. The highest BCUT2D eigenvalue weighted by atomic mass is 79.9. The molecule has 5 nitrogen and oxygen atoms in total. The average molecular weight is 326 g/mol. The van der Waals surface area contributed by atoms with Crippen molar-refractivity contribution in [2.24, 2.45) is 0 Å². The van der Waals surface area contributed by atoms with Gasteiger partial charge in [0, 0.05) is 17.1 Å². The molecule has 1 aromatic carbocycles. The number of nitrogens with zero attached hydrogens (tertiary/aromatic N) is 2. The van der Waals surface area contributed by atoms with Crippen molar-refractivity contribution >= 4 is 15.9 Å². The maximum Gasteiger partial charge on any atom is 0.213 e. The Morgan fingerprint density at radius 2 is 2.26 bits per heavy atom. The fourth-order valence-electron chi connectivity index (χ4n) is 1.49. The molecule has 0 bridgehead atoms. The molecular formula is C13H16BrN3O2. The maximum absolute atomic E-state index is 5.62. The second kappa shape index (κ2) is 6.68. The normalized spacial score (nSPS) is 10.9. The molecule has 102 valence electrons. The van der Waals surface area contributed by atoms with Crippen LogP contribution in [0, 0.1) is 0 Å². The molecule has 19 heavy (non-hydrogen) atoms. The lowest BCUT2D eigenvalue weighted by atomic mass is 10.2. The number of halogens is 1. The van der Waals surface area contributed by atoms with Crippen LogP contribution < -0.4 is 10.1 Å². The van der Waals surface area contributed by atoms with Gasteiger partial charge < -0.3 is 14.6 Å². The van der Waals surface area contributed by atoms with Gasteiger partial charge in [-0.3, -0.25) is 0 Å². The molecule has 2 rings (SSSR count). The third kappa shape index (κ3) is 4.33. The minimum absolute atomic E-state index is 0.301. The van der Waals surface area contributed by atoms with Crippen LogP contribution in [0.4, 0.5) is 0 Å². The Morgan fingerprint density at radius 1 is 1.42 bits per heavy atom. The molecule has 0 aliphatic carbocycles. The lowest BCUT2D eigenvalue weighted by molar-refractivity contribution is 0.286. The molecule has 0 unspecified atom stereocenters. The van der Waals surface area contributed by atoms with Gasteiger partial charge in [0.15, 0.2) is 6.61 Å². The quantitative estimate of drug-likeness (QED) is 0.884. The first-order valence-electron chi connectivity index (χ1n) is 6.05. The van der Waals surface area contributed by atoms with Gasteiger partial charge in [0.1, 0.15) is 5.75 Å². The van der Waals surface area contributed by atoms with Crippen molar-refractivity contribution in [1.29, 1.82) is 0 Å². The molecular weight excluding hydrogens is 310 g/mol. The van der Waals surface area contributed by atoms with Crippen molar-refractivity contribution in [3.63, 3.8) is 0 Å². The Hall–Kier alpha value is -1.40. The predicted molar refractivity (Wildman–Crippen MR) is 74.7 cm³/mol. The minimum atomic E-state index is 0.301. The third-order valence-electron chi connectivity index (χ3n) is 2.49. The van der Waals surface area contributed by atoms with E-state index in [1.807, 2.05) is 18.2 Å². The second-order valence-corrected chi connectivity index (χ2v) is 5.28. The van der Waals surface area contributed by atoms with Crippen LogP contribution in [0.3, 0.4) is 0 Å². The van der Waals surface area contributed by atoms with Crippen molar-refractivity contribution in [1.82, 2.24) is 15.5 Å². The standard InChI is InChI=1S/C13H16BrN3O2/c1-9(2)15-6-10-5-11(3-4-12(10)14)18-7-13-16-8-19-17-13/h3-5,8-9,15H,6-7H2,1-2H3. The Balaban J connectivity index is 1.99. The Kier molecular flexibility index (Phi) is 4.93. The smallest absolute Gasteiger partial charge is 0.213 e. The Labute approximate surface area is 120 Å². The van der Waals surface area contributed by atoms with Gasteiger partial charge in [-0.25, -0.2) is 0 Å². The van der Waals surface area contributed by atoms with E-state index in [1.165, 1.54) is 6.39 Å². The van der Waals surface area contributed by atoms with Crippen LogP contribution in [-0.2, 0) is 13.2 Å². The average Bonchev–Trinajstić information content (AvgIpc) is 2.89. The van der Waals surface area contributed by atoms with Crippen molar-refractivity contribution in [3.05, 3.63) is 40.5 Å². The molecule has 1 aromatic heterocycles. The predicted octanol–water partition coefficient (Wildman–Crippen LogP) is 2.91. The summed E-state index contributed by atoms with van der Waals surface area (Å²) >= 11 is 3.54. The van der Waals surface area contributed by atoms with Crippen LogP contribution in [0.15, 0.2) is 33.6 Å². The van der Waals surface area contributed by atoms with E-state index in [1.54, 1.807) is 0 Å². The van der Waals surface area contributed by atoms with E-state index in [4.69, 9.17) is 4.74 Å². The van der Waals surface area contributed by atoms with E-state index in [2.05, 4.69) is 49.8 Å². The summed E-state index contributed by atoms with van der Waals surface area (Å²) in [5.74, 6) is 1.32. The first-order chi connectivity index (χ1) is 9.15. The fourth-order valence-corrected chi connectivity index (χ4v) is 1.88. The molecule has 2 aromatic rings. The number of nitrogens with one attached hydrogen (secondary N) is 1. The van der Waals surface area contributed by atoms with E-state index in [-0.39, 0.29) is 0 Å². The van der Waals surface area contributed by atoms with E-state index in [9.17, 15) is 0 Å². The summed E-state index contributed by atoms with van der Waals surface area (Å²) in [5.41, 5.74) is 1.15. The second-order valence-electron chi connectivity index (χ2n) is 4.42. The van der Waals surface area contributed by atoms with Crippen LogP contribution in [0.25, 0.3) is 0 Å². The molecule has 6 heteroatoms. The number of benzene rings is 1. The van der Waals surface area contributed by atoms with Crippen molar-refractivity contribution < 1.29 is 9.26 Å². The molecule has 1 N–H and O–H groups in total. The molecule has 0 aliphatic heterocycles. The van der Waals surface area contributed by atoms with Gasteiger partial charge in [-0.05, 0) is 23.8 Å². The fraction of sp³-hybridized carbons (Fsp3) is 0.385. The van der Waals surface area contributed by atoms with Crippen molar-refractivity contribution in [2.75, 3.05) is 0 Å². The lowest BCUT2D eigenvalue weighted by Gasteiger charge is -2.11. The Bertz CT molecular complexity index is 515. The number of aromatic nitrogens is 2. The molecule has 0 fully saturated rings. The van der Waals surface area contributed by atoms with Gasteiger partial charge in [0.2, 0.25) is 12.2 Å². The minimum Gasteiger partial charge on any atom is -0.485 e. The van der Waals surface area contributed by atoms with E-state index >= 15 is 0 Å². The Morgan fingerprint density at radius 3 is 2.95 bits per heavy atom. The lowest BCUT2D eigenvalue weighted by Crippen LogP contribution is -2.22. The van der Waals surface area contributed by atoms with Crippen LogP contribution in [-0.4, -0.2) is 16.2 Å². The molecule has 0 saturated heterocycles. The summed E-state index contributed by atoms with van der Waals surface area (Å²) in [6.45, 7) is 5.32. The van der Waals surface area contributed by atoms with Crippen molar-refractivity contribution in [2.45, 2.75) is 33.0 Å². The molecule has 0 spiro atoms. The van der Waals surface area contributed by atoms with Gasteiger partial charge >= 0.3 is 0 Å². The SMILES string of the molecule is CC(C)NCc1cc(OCc2ncon2)ccc1Br. The number of ether oxygens (including phenoxy) is 1. The monoisotopic (exact) mass is 325 g/mol. The summed E-state index contributed by atoms with van der Waals surface area (Å²) in [6.07, 6.45) is 1.29. The molecule has 0 radical (unpaired) electrons. The molecule has 0 aliphatic rings. The van der Waals surface area contributed by atoms with Crippen LogP contribution in [0.5, 0.6) is 5.75 Å². The van der Waals surface area contributed by atoms with E-state index in [0.717, 1.165) is 22.3 Å². The van der Waals surface area contributed by atoms with Crippen molar-refractivity contribution in [3.8, 4) is 5.75 Å². The van der Waals surface area contributed by atoms with Gasteiger partial charge in [-0.2, -0.15) is 4.98 Å². The largest absolute Gasteiger partial charge is 0.485 e. The topological polar surface area (TPSA) is 60.2 Å². The molecule has 0 saturated carbocycles. The number of hydrogen-bond acceptors (Lipinski definition) is 5. The summed E-state index contributed by atoms with van der Waals surface area (Å²) in [6, 6.07) is 6.32. The van der Waals surface area contributed by atoms with Crippen LogP contribution in [0.1, 0.15) is 25.2 Å². The van der Waals surface area contributed by atoms with Gasteiger partial charge in [-0.1, -0.05) is 34.9 Å². The zero-order valence-corrected chi connectivity index (χ0v) is 12.5. The highest BCUT2D eigenvalue weighted by molar-refractivity contribution is 9.10. The maximum atomic E-state index is 5.62. The summed E-state index contributed by atoms with van der Waals surface area (Å²) in [7, 11) is 0. The zero-order chi connectivity index (χ0) is 13.7. The molecule has 0 amide bonds. The van der Waals surface area contributed by atoms with Crippen LogP contribution in [0.2, 0.25) is 0 Å². The van der Waals surface area contributed by atoms with E-state index in [0.29, 0.717) is 18.5 Å². The number of rotatable bonds is 6. The zero-order valence-electron chi connectivity index (χ0n) is 10.9. The first kappa shape index (κ1) is 14.0. The highest BCUT2D eigenvalue weighted by Gasteiger charge is 2.05. The molecule has 0 atom stereocenters. The first-order valence-corrected chi connectivity index (χ1v) is 6.84. The molecule has 1 heterocycles. The van der Waals surface area contributed by atoms with Gasteiger partial charge in [0.05, 0.1) is 0 Å². The van der Waals surface area contributed by atoms with Crippen LogP contribution >= 0.6 is 15.9 Å². The van der Waals surface area contributed by atoms with Gasteiger partial charge in [0.25, 0.3) is 0 Å². The summed E-state index contributed by atoms with van der Waals surface area (Å²) in [5, 5.41) is 7.07. The van der Waals surface area contributed by atoms with E-state index < -0.39 is 0 Å². The summed E-state index contributed by atoms with van der Waals surface area (Å²) in [4.78, 5) is 3.91. The highest BCUT2D eigenvalue weighted by Crippen LogP contribution is 2.23. The number of hydrogen-bond donors (Lipinski definition) is 1. The summed E-state index contributed by atoms with van der Waals surface area (Å²) < 4.78 is 11.3.